The molecular formula is C25H39NO4. The summed E-state index contributed by atoms with van der Waals surface area (Å²) in [5, 5.41) is 10.1. The van der Waals surface area contributed by atoms with E-state index in [0.717, 1.165) is 56.9 Å². The van der Waals surface area contributed by atoms with Crippen molar-refractivity contribution in [2.75, 3.05) is 0 Å². The highest BCUT2D eigenvalue weighted by Gasteiger charge is 2.68. The number of fused-ring (bicyclic) bond motifs is 3. The normalized spacial score (nSPS) is 46.1. The van der Waals surface area contributed by atoms with E-state index in [1.165, 1.54) is 0 Å². The van der Waals surface area contributed by atoms with Crippen LogP contribution in [-0.4, -0.2) is 29.2 Å². The number of carboxylic acids is 1. The standard InChI is InChI=1S/C25H39NO4/c1-14(2)19(26)21(27)30-20-15(3)16-7-8-18-23(4)10-6-11-24(5,22(28)29)17(23)9-12-25(18,20)13-16/h14,16-20H,3,6-13,26H2,1-2,4-5H3,(H,28,29)/t16-,17-,18+,19+,20+,23-,24-,25-/m1/s1. The summed E-state index contributed by atoms with van der Waals surface area (Å²) in [6.45, 7) is 12.6. The molecule has 8 atom stereocenters. The van der Waals surface area contributed by atoms with E-state index < -0.39 is 17.4 Å². The van der Waals surface area contributed by atoms with E-state index in [-0.39, 0.29) is 34.7 Å². The third kappa shape index (κ3) is 2.83. The van der Waals surface area contributed by atoms with Crippen molar-refractivity contribution in [3.63, 3.8) is 0 Å². The first-order valence-electron chi connectivity index (χ1n) is 11.9. The zero-order valence-electron chi connectivity index (χ0n) is 19.1. The Bertz CT molecular complexity index is 762. The highest BCUT2D eigenvalue weighted by molar-refractivity contribution is 5.76. The molecule has 168 valence electrons. The van der Waals surface area contributed by atoms with Gasteiger partial charge in [-0.2, -0.15) is 0 Å². The molecule has 0 aromatic heterocycles. The van der Waals surface area contributed by atoms with E-state index in [1.807, 2.05) is 20.8 Å². The number of ether oxygens (including phenoxy) is 1. The molecule has 4 rings (SSSR count). The molecule has 0 radical (unpaired) electrons. The Balaban J connectivity index is 1.70. The van der Waals surface area contributed by atoms with E-state index in [0.29, 0.717) is 11.8 Å². The summed E-state index contributed by atoms with van der Waals surface area (Å²) in [4.78, 5) is 25.1. The number of carbonyl (C=O) groups is 2. The van der Waals surface area contributed by atoms with Crippen molar-refractivity contribution in [1.29, 1.82) is 0 Å². The number of esters is 1. The van der Waals surface area contributed by atoms with Crippen molar-refractivity contribution in [2.45, 2.75) is 91.2 Å². The SMILES string of the molecule is C=C1[C@@H]2CC[C@H]3[C@]4(C)CCC[C@@](C)(C(=O)O)[C@@H]4CC[C@]3(C2)[C@H]1OC(=O)[C@@H](N)C(C)C. The summed E-state index contributed by atoms with van der Waals surface area (Å²) in [5.74, 6) is 0.0115. The average Bonchev–Trinajstić information content (AvgIpc) is 2.87. The molecular weight excluding hydrogens is 378 g/mol. The molecule has 4 aliphatic rings. The van der Waals surface area contributed by atoms with Gasteiger partial charge in [-0.3, -0.25) is 9.59 Å². The monoisotopic (exact) mass is 417 g/mol. The number of hydrogen-bond donors (Lipinski definition) is 2. The van der Waals surface area contributed by atoms with Gasteiger partial charge < -0.3 is 15.6 Å². The van der Waals surface area contributed by atoms with Crippen LogP contribution in [0.3, 0.4) is 0 Å². The van der Waals surface area contributed by atoms with Crippen LogP contribution in [0.1, 0.15) is 79.1 Å². The molecule has 30 heavy (non-hydrogen) atoms. The molecule has 1 spiro atoms. The van der Waals surface area contributed by atoms with Crippen LogP contribution in [0.2, 0.25) is 0 Å². The molecule has 0 saturated heterocycles. The van der Waals surface area contributed by atoms with Gasteiger partial charge in [-0.05, 0) is 86.5 Å². The Morgan fingerprint density at radius 1 is 1.13 bits per heavy atom. The number of rotatable bonds is 4. The highest BCUT2D eigenvalue weighted by Crippen LogP contribution is 2.72. The maximum atomic E-state index is 12.8. The van der Waals surface area contributed by atoms with Crippen LogP contribution in [0, 0.1) is 39.9 Å². The van der Waals surface area contributed by atoms with Gasteiger partial charge in [-0.15, -0.1) is 0 Å². The van der Waals surface area contributed by atoms with Crippen LogP contribution >= 0.6 is 0 Å². The zero-order chi connectivity index (χ0) is 22.1. The molecule has 0 heterocycles. The van der Waals surface area contributed by atoms with Crippen molar-refractivity contribution in [2.24, 2.45) is 45.7 Å². The summed E-state index contributed by atoms with van der Waals surface area (Å²) < 4.78 is 6.17. The van der Waals surface area contributed by atoms with E-state index >= 15 is 0 Å². The fourth-order valence-corrected chi connectivity index (χ4v) is 8.25. The molecule has 4 saturated carbocycles. The summed E-state index contributed by atoms with van der Waals surface area (Å²) in [6.07, 6.45) is 7.49. The molecule has 5 heteroatoms. The average molecular weight is 418 g/mol. The first-order valence-corrected chi connectivity index (χ1v) is 11.9. The van der Waals surface area contributed by atoms with Gasteiger partial charge in [0.05, 0.1) is 5.41 Å². The maximum absolute atomic E-state index is 12.8. The van der Waals surface area contributed by atoms with E-state index in [1.54, 1.807) is 0 Å². The molecule has 2 bridgehead atoms. The quantitative estimate of drug-likeness (QED) is 0.517. The predicted molar refractivity (Wildman–Crippen MR) is 116 cm³/mol. The smallest absolute Gasteiger partial charge is 0.323 e. The van der Waals surface area contributed by atoms with Crippen molar-refractivity contribution in [1.82, 2.24) is 0 Å². The topological polar surface area (TPSA) is 89.6 Å². The van der Waals surface area contributed by atoms with Gasteiger partial charge in [-0.1, -0.05) is 33.8 Å². The van der Waals surface area contributed by atoms with E-state index in [2.05, 4.69) is 13.5 Å². The number of carbonyl (C=O) groups excluding carboxylic acids is 1. The van der Waals surface area contributed by atoms with Crippen LogP contribution in [0.25, 0.3) is 0 Å². The fraction of sp³-hybridized carbons (Fsp3) is 0.840. The minimum absolute atomic E-state index is 0.0303. The molecule has 0 aromatic carbocycles. The second-order valence-corrected chi connectivity index (χ2v) is 11.6. The molecule has 4 aliphatic carbocycles. The Hall–Kier alpha value is -1.36. The van der Waals surface area contributed by atoms with Crippen molar-refractivity contribution < 1.29 is 19.4 Å². The second-order valence-electron chi connectivity index (χ2n) is 11.6. The Labute approximate surface area is 180 Å². The molecule has 0 aromatic rings. The Morgan fingerprint density at radius 2 is 1.83 bits per heavy atom. The Kier molecular flexibility index (Phi) is 5.16. The lowest BCUT2D eigenvalue weighted by Crippen LogP contribution is -2.60. The van der Waals surface area contributed by atoms with Crippen LogP contribution < -0.4 is 5.73 Å². The zero-order valence-corrected chi connectivity index (χ0v) is 19.1. The number of hydrogen-bond acceptors (Lipinski definition) is 4. The van der Waals surface area contributed by atoms with Crippen LogP contribution in [0.15, 0.2) is 12.2 Å². The minimum Gasteiger partial charge on any atom is -0.481 e. The lowest BCUT2D eigenvalue weighted by molar-refractivity contribution is -0.196. The first-order chi connectivity index (χ1) is 14.0. The number of aliphatic carboxylic acids is 1. The van der Waals surface area contributed by atoms with Gasteiger partial charge in [0.1, 0.15) is 12.1 Å². The van der Waals surface area contributed by atoms with Crippen LogP contribution in [-0.2, 0) is 14.3 Å². The predicted octanol–water partition coefficient (Wildman–Crippen LogP) is 4.55. The van der Waals surface area contributed by atoms with E-state index in [4.69, 9.17) is 10.5 Å². The summed E-state index contributed by atoms with van der Waals surface area (Å²) in [7, 11) is 0. The van der Waals surface area contributed by atoms with E-state index in [9.17, 15) is 14.7 Å². The van der Waals surface area contributed by atoms with Gasteiger partial charge >= 0.3 is 11.9 Å². The number of nitrogens with two attached hydrogens (primary N) is 1. The summed E-state index contributed by atoms with van der Waals surface area (Å²) in [5.41, 5.74) is 6.39. The Morgan fingerprint density at radius 3 is 2.47 bits per heavy atom. The summed E-state index contributed by atoms with van der Waals surface area (Å²) in [6, 6.07) is -0.620. The third-order valence-corrected chi connectivity index (χ3v) is 9.89. The molecule has 0 amide bonds. The van der Waals surface area contributed by atoms with Crippen molar-refractivity contribution in [3.8, 4) is 0 Å². The van der Waals surface area contributed by atoms with Crippen LogP contribution in [0.4, 0.5) is 0 Å². The van der Waals surface area contributed by atoms with Crippen molar-refractivity contribution in [3.05, 3.63) is 12.2 Å². The van der Waals surface area contributed by atoms with Crippen molar-refractivity contribution >= 4 is 11.9 Å². The third-order valence-electron chi connectivity index (χ3n) is 9.89. The van der Waals surface area contributed by atoms with Gasteiger partial charge in [0.15, 0.2) is 0 Å². The van der Waals surface area contributed by atoms with Crippen LogP contribution in [0.5, 0.6) is 0 Å². The van der Waals surface area contributed by atoms with Gasteiger partial charge in [0, 0.05) is 5.41 Å². The molecule has 0 aliphatic heterocycles. The lowest BCUT2D eigenvalue weighted by Gasteiger charge is -2.63. The minimum atomic E-state index is -0.659. The molecule has 4 fully saturated rings. The van der Waals surface area contributed by atoms with Gasteiger partial charge in [0.25, 0.3) is 0 Å². The summed E-state index contributed by atoms with van der Waals surface area (Å²) >= 11 is 0. The largest absolute Gasteiger partial charge is 0.481 e. The first kappa shape index (κ1) is 21.9. The van der Waals surface area contributed by atoms with Gasteiger partial charge in [-0.25, -0.2) is 0 Å². The number of carboxylic acid groups (broad SMARTS) is 1. The highest BCUT2D eigenvalue weighted by atomic mass is 16.5. The molecule has 3 N–H and O–H groups in total. The van der Waals surface area contributed by atoms with Gasteiger partial charge in [0.2, 0.25) is 0 Å². The fourth-order valence-electron chi connectivity index (χ4n) is 8.25. The second kappa shape index (κ2) is 7.08. The lowest BCUT2D eigenvalue weighted by atomic mass is 9.40. The maximum Gasteiger partial charge on any atom is 0.323 e. The molecule has 5 nitrogen and oxygen atoms in total. The molecule has 0 unspecified atom stereocenters.